The second-order valence-corrected chi connectivity index (χ2v) is 6.32. The first-order valence-corrected chi connectivity index (χ1v) is 8.56. The van der Waals surface area contributed by atoms with Crippen LogP contribution in [0.15, 0.2) is 79.1 Å². The summed E-state index contributed by atoms with van der Waals surface area (Å²) in [7, 11) is 0. The topological polar surface area (TPSA) is 46.9 Å². The Hall–Kier alpha value is -3.40. The summed E-state index contributed by atoms with van der Waals surface area (Å²) in [4.78, 5) is 17.0. The van der Waals surface area contributed by atoms with Crippen molar-refractivity contribution in [2.24, 2.45) is 0 Å². The lowest BCUT2D eigenvalue weighted by atomic mass is 10.0. The molecular weight excluding hydrogens is 322 g/mol. The number of fused-ring (bicyclic) bond motifs is 1. The Labute approximate surface area is 152 Å². The van der Waals surface area contributed by atoms with Gasteiger partial charge in [-0.2, -0.15) is 0 Å². The maximum atomic E-state index is 12.6. The van der Waals surface area contributed by atoms with Gasteiger partial charge in [0.1, 0.15) is 6.54 Å². The molecule has 0 saturated carbocycles. The number of nitrogens with one attached hydrogen (secondary N) is 1. The molecule has 0 radical (unpaired) electrons. The molecule has 0 unspecified atom stereocenters. The maximum absolute atomic E-state index is 12.6. The summed E-state index contributed by atoms with van der Waals surface area (Å²) >= 11 is 0. The smallest absolute Gasteiger partial charge is 0.244 e. The fourth-order valence-electron chi connectivity index (χ4n) is 3.10. The number of benzene rings is 3. The van der Waals surface area contributed by atoms with E-state index in [9.17, 15) is 4.79 Å². The summed E-state index contributed by atoms with van der Waals surface area (Å²) in [5.74, 6) is -0.0748. The lowest BCUT2D eigenvalue weighted by Gasteiger charge is -2.13. The third kappa shape index (κ3) is 3.22. The van der Waals surface area contributed by atoms with E-state index >= 15 is 0 Å². The highest BCUT2D eigenvalue weighted by Gasteiger charge is 2.11. The van der Waals surface area contributed by atoms with Gasteiger partial charge in [-0.1, -0.05) is 54.1 Å². The van der Waals surface area contributed by atoms with Crippen molar-refractivity contribution in [3.63, 3.8) is 0 Å². The van der Waals surface area contributed by atoms with Gasteiger partial charge in [-0.3, -0.25) is 4.79 Å². The Balaban J connectivity index is 1.60. The number of para-hydroxylation sites is 2. The first-order valence-electron chi connectivity index (χ1n) is 8.56. The van der Waals surface area contributed by atoms with Crippen molar-refractivity contribution in [3.8, 4) is 11.1 Å². The van der Waals surface area contributed by atoms with Gasteiger partial charge < -0.3 is 9.88 Å². The number of carbonyl (C=O) groups excluding carboxylic acids is 1. The Morgan fingerprint density at radius 3 is 2.62 bits per heavy atom. The highest BCUT2D eigenvalue weighted by molar-refractivity contribution is 5.96. The van der Waals surface area contributed by atoms with Crippen molar-refractivity contribution in [1.82, 2.24) is 9.55 Å². The normalized spacial score (nSPS) is 10.8. The first kappa shape index (κ1) is 16.1. The third-order valence-electron chi connectivity index (χ3n) is 4.38. The average Bonchev–Trinajstić information content (AvgIpc) is 3.07. The largest absolute Gasteiger partial charge is 0.324 e. The van der Waals surface area contributed by atoms with Crippen LogP contribution in [0.3, 0.4) is 0 Å². The molecule has 0 fully saturated rings. The fraction of sp³-hybridized carbons (Fsp3) is 0.0909. The van der Waals surface area contributed by atoms with Crippen molar-refractivity contribution >= 4 is 22.6 Å². The Morgan fingerprint density at radius 2 is 1.77 bits per heavy atom. The van der Waals surface area contributed by atoms with Gasteiger partial charge in [0.15, 0.2) is 0 Å². The van der Waals surface area contributed by atoms with E-state index in [0.717, 1.165) is 33.4 Å². The summed E-state index contributed by atoms with van der Waals surface area (Å²) in [6.45, 7) is 2.28. The summed E-state index contributed by atoms with van der Waals surface area (Å²) in [5, 5.41) is 3.05. The van der Waals surface area contributed by atoms with Gasteiger partial charge in [-0.15, -0.1) is 0 Å². The molecule has 1 amide bonds. The molecule has 1 heterocycles. The van der Waals surface area contributed by atoms with Gasteiger partial charge in [0.2, 0.25) is 5.91 Å². The second-order valence-electron chi connectivity index (χ2n) is 6.32. The molecule has 3 aromatic carbocycles. The van der Waals surface area contributed by atoms with Crippen LogP contribution in [0.2, 0.25) is 0 Å². The van der Waals surface area contributed by atoms with Crippen LogP contribution in [-0.2, 0) is 11.3 Å². The van der Waals surface area contributed by atoms with Gasteiger partial charge in [-0.25, -0.2) is 4.98 Å². The molecule has 4 nitrogen and oxygen atoms in total. The number of amides is 1. The molecule has 0 aliphatic heterocycles. The maximum Gasteiger partial charge on any atom is 0.244 e. The summed E-state index contributed by atoms with van der Waals surface area (Å²) in [5.41, 5.74) is 5.92. The molecule has 1 N–H and O–H groups in total. The van der Waals surface area contributed by atoms with Crippen LogP contribution in [0.1, 0.15) is 5.56 Å². The zero-order valence-electron chi connectivity index (χ0n) is 14.5. The van der Waals surface area contributed by atoms with E-state index in [1.165, 1.54) is 0 Å². The number of aromatic nitrogens is 2. The van der Waals surface area contributed by atoms with E-state index in [0.29, 0.717) is 0 Å². The summed E-state index contributed by atoms with van der Waals surface area (Å²) in [6, 6.07) is 24.0. The molecule has 0 atom stereocenters. The van der Waals surface area contributed by atoms with Crippen LogP contribution >= 0.6 is 0 Å². The number of hydrogen-bond donors (Lipinski definition) is 1. The summed E-state index contributed by atoms with van der Waals surface area (Å²) < 4.78 is 1.86. The molecule has 0 spiro atoms. The van der Waals surface area contributed by atoms with Crippen molar-refractivity contribution in [3.05, 3.63) is 84.7 Å². The zero-order valence-corrected chi connectivity index (χ0v) is 14.5. The molecule has 128 valence electrons. The van der Waals surface area contributed by atoms with Crippen molar-refractivity contribution in [2.75, 3.05) is 5.32 Å². The van der Waals surface area contributed by atoms with Crippen LogP contribution < -0.4 is 5.32 Å². The highest BCUT2D eigenvalue weighted by Crippen LogP contribution is 2.29. The molecule has 4 aromatic rings. The predicted octanol–water partition coefficient (Wildman–Crippen LogP) is 4.65. The lowest BCUT2D eigenvalue weighted by Crippen LogP contribution is -2.18. The number of anilines is 1. The standard InChI is InChI=1S/C22H19N3O/c1-16-11-12-19(18(13-16)17-7-3-2-4-8-17)24-22(26)14-25-15-23-20-9-5-6-10-21(20)25/h2-13,15H,14H2,1H3,(H,24,26). The number of carbonyl (C=O) groups is 1. The Morgan fingerprint density at radius 1 is 1.00 bits per heavy atom. The molecule has 4 heteroatoms. The van der Waals surface area contributed by atoms with E-state index in [1.807, 2.05) is 71.3 Å². The lowest BCUT2D eigenvalue weighted by molar-refractivity contribution is -0.116. The van der Waals surface area contributed by atoms with Crippen LogP contribution in [0, 0.1) is 6.92 Å². The Kier molecular flexibility index (Phi) is 4.23. The van der Waals surface area contributed by atoms with Gasteiger partial charge in [0.25, 0.3) is 0 Å². The average molecular weight is 341 g/mol. The Bertz CT molecular complexity index is 1070. The van der Waals surface area contributed by atoms with E-state index in [4.69, 9.17) is 0 Å². The van der Waals surface area contributed by atoms with Crippen molar-refractivity contribution in [2.45, 2.75) is 13.5 Å². The number of aryl methyl sites for hydroxylation is 1. The van der Waals surface area contributed by atoms with Crippen LogP contribution in [0.4, 0.5) is 5.69 Å². The molecule has 0 aliphatic rings. The quantitative estimate of drug-likeness (QED) is 0.587. The van der Waals surface area contributed by atoms with Crippen LogP contribution in [0.25, 0.3) is 22.2 Å². The van der Waals surface area contributed by atoms with Gasteiger partial charge in [0.05, 0.1) is 17.4 Å². The zero-order chi connectivity index (χ0) is 17.9. The van der Waals surface area contributed by atoms with E-state index in [-0.39, 0.29) is 12.5 Å². The van der Waals surface area contributed by atoms with Gasteiger partial charge in [0, 0.05) is 11.3 Å². The van der Waals surface area contributed by atoms with E-state index in [1.54, 1.807) is 6.33 Å². The van der Waals surface area contributed by atoms with Crippen molar-refractivity contribution in [1.29, 1.82) is 0 Å². The van der Waals surface area contributed by atoms with E-state index < -0.39 is 0 Å². The second kappa shape index (κ2) is 6.84. The molecule has 1 aromatic heterocycles. The monoisotopic (exact) mass is 341 g/mol. The summed E-state index contributed by atoms with van der Waals surface area (Å²) in [6.07, 6.45) is 1.71. The molecule has 0 saturated heterocycles. The minimum atomic E-state index is -0.0748. The minimum absolute atomic E-state index is 0.0748. The number of rotatable bonds is 4. The number of hydrogen-bond acceptors (Lipinski definition) is 2. The van der Waals surface area contributed by atoms with E-state index in [2.05, 4.69) is 23.3 Å². The molecule has 0 aliphatic carbocycles. The fourth-order valence-corrected chi connectivity index (χ4v) is 3.10. The molecular formula is C22H19N3O. The molecule has 26 heavy (non-hydrogen) atoms. The van der Waals surface area contributed by atoms with Crippen LogP contribution in [0.5, 0.6) is 0 Å². The highest BCUT2D eigenvalue weighted by atomic mass is 16.1. The minimum Gasteiger partial charge on any atom is -0.324 e. The third-order valence-corrected chi connectivity index (χ3v) is 4.38. The number of nitrogens with zero attached hydrogens (tertiary/aromatic N) is 2. The van der Waals surface area contributed by atoms with Gasteiger partial charge in [-0.05, 0) is 36.8 Å². The predicted molar refractivity (Wildman–Crippen MR) is 105 cm³/mol. The number of imidazole rings is 1. The molecule has 0 bridgehead atoms. The van der Waals surface area contributed by atoms with Crippen molar-refractivity contribution < 1.29 is 4.79 Å². The first-order chi connectivity index (χ1) is 12.7. The van der Waals surface area contributed by atoms with Gasteiger partial charge >= 0.3 is 0 Å². The van der Waals surface area contributed by atoms with Crippen LogP contribution in [-0.4, -0.2) is 15.5 Å². The SMILES string of the molecule is Cc1ccc(NC(=O)Cn2cnc3ccccc32)c(-c2ccccc2)c1. The molecule has 4 rings (SSSR count).